The Morgan fingerprint density at radius 2 is 2.19 bits per heavy atom. The Balaban J connectivity index is 2.51. The molecule has 0 fully saturated rings. The lowest BCUT2D eigenvalue weighted by molar-refractivity contribution is 0.430. The van der Waals surface area contributed by atoms with Crippen molar-refractivity contribution < 1.29 is 0 Å². The van der Waals surface area contributed by atoms with Crippen molar-refractivity contribution in [1.29, 1.82) is 0 Å². The Labute approximate surface area is 95.9 Å². The Hall–Kier alpha value is -1.36. The molecule has 0 atom stereocenters. The highest BCUT2D eigenvalue weighted by Crippen LogP contribution is 2.00. The zero-order valence-electron chi connectivity index (χ0n) is 10.4. The zero-order valence-corrected chi connectivity index (χ0v) is 10.4. The second-order valence-electron chi connectivity index (χ2n) is 4.84. The van der Waals surface area contributed by atoms with E-state index in [0.717, 1.165) is 13.1 Å². The molecule has 0 aliphatic carbocycles. The molecular weight excluding hydrogens is 204 g/mol. The Morgan fingerprint density at radius 1 is 1.50 bits per heavy atom. The van der Waals surface area contributed by atoms with Gasteiger partial charge in [0.05, 0.1) is 0 Å². The van der Waals surface area contributed by atoms with Crippen LogP contribution >= 0.6 is 0 Å². The standard InChI is InChI=1S/C11H20N4O/c1-11(2,3)14-7-8-15(4)9-10(16)13-6-5-12-9/h5-6,14H,7-8H2,1-4H3,(H,13,16). The molecule has 0 unspecified atom stereocenters. The van der Waals surface area contributed by atoms with E-state index in [9.17, 15) is 4.79 Å². The maximum Gasteiger partial charge on any atom is 0.290 e. The first-order valence-corrected chi connectivity index (χ1v) is 5.40. The van der Waals surface area contributed by atoms with Gasteiger partial charge in [-0.3, -0.25) is 4.79 Å². The molecule has 0 bridgehead atoms. The van der Waals surface area contributed by atoms with E-state index < -0.39 is 0 Å². The Bertz CT molecular complexity index is 380. The molecule has 5 nitrogen and oxygen atoms in total. The van der Waals surface area contributed by atoms with Gasteiger partial charge in [0.2, 0.25) is 0 Å². The highest BCUT2D eigenvalue weighted by atomic mass is 16.1. The van der Waals surface area contributed by atoms with Crippen LogP contribution in [0.5, 0.6) is 0 Å². The molecule has 0 radical (unpaired) electrons. The fraction of sp³-hybridized carbons (Fsp3) is 0.636. The number of likely N-dealkylation sites (N-methyl/N-ethyl adjacent to an activating group) is 1. The Morgan fingerprint density at radius 3 is 2.75 bits per heavy atom. The van der Waals surface area contributed by atoms with Crippen LogP contribution in [0.4, 0.5) is 5.82 Å². The van der Waals surface area contributed by atoms with Crippen LogP contribution in [0.2, 0.25) is 0 Å². The van der Waals surface area contributed by atoms with Crippen molar-refractivity contribution in [3.05, 3.63) is 22.7 Å². The maximum absolute atomic E-state index is 11.4. The molecular formula is C11H20N4O. The van der Waals surface area contributed by atoms with Gasteiger partial charge in [0.15, 0.2) is 5.82 Å². The molecule has 0 saturated heterocycles. The molecule has 90 valence electrons. The summed E-state index contributed by atoms with van der Waals surface area (Å²) in [5.41, 5.74) is -0.0575. The number of anilines is 1. The van der Waals surface area contributed by atoms with Crippen molar-refractivity contribution in [1.82, 2.24) is 15.3 Å². The smallest absolute Gasteiger partial charge is 0.290 e. The van der Waals surface area contributed by atoms with E-state index >= 15 is 0 Å². The number of aromatic amines is 1. The van der Waals surface area contributed by atoms with Gasteiger partial charge in [-0.25, -0.2) is 4.98 Å². The largest absolute Gasteiger partial charge is 0.354 e. The van der Waals surface area contributed by atoms with E-state index in [4.69, 9.17) is 0 Å². The second-order valence-corrected chi connectivity index (χ2v) is 4.84. The molecule has 0 aliphatic rings. The molecule has 0 saturated carbocycles. The monoisotopic (exact) mass is 224 g/mol. The normalized spacial score (nSPS) is 11.5. The second kappa shape index (κ2) is 5.12. The summed E-state index contributed by atoms with van der Waals surface area (Å²) in [7, 11) is 1.86. The highest BCUT2D eigenvalue weighted by Gasteiger charge is 2.10. The molecule has 5 heteroatoms. The first kappa shape index (κ1) is 12.7. The van der Waals surface area contributed by atoms with E-state index in [-0.39, 0.29) is 11.1 Å². The number of hydrogen-bond donors (Lipinski definition) is 2. The van der Waals surface area contributed by atoms with Gasteiger partial charge in [-0.05, 0) is 20.8 Å². The third kappa shape index (κ3) is 4.02. The number of aromatic nitrogens is 2. The average Bonchev–Trinajstić information content (AvgIpc) is 2.16. The summed E-state index contributed by atoms with van der Waals surface area (Å²) in [5, 5.41) is 3.36. The molecule has 16 heavy (non-hydrogen) atoms. The van der Waals surface area contributed by atoms with Crippen LogP contribution in [0.15, 0.2) is 17.2 Å². The van der Waals surface area contributed by atoms with Crippen LogP contribution in [-0.2, 0) is 0 Å². The summed E-state index contributed by atoms with van der Waals surface area (Å²) < 4.78 is 0. The number of rotatable bonds is 4. The molecule has 0 spiro atoms. The Kier molecular flexibility index (Phi) is 4.06. The van der Waals surface area contributed by atoms with Crippen molar-refractivity contribution in [2.75, 3.05) is 25.0 Å². The molecule has 1 rings (SSSR count). The number of H-pyrrole nitrogens is 1. The van der Waals surface area contributed by atoms with Crippen molar-refractivity contribution in [2.24, 2.45) is 0 Å². The first-order valence-electron chi connectivity index (χ1n) is 5.40. The molecule has 1 aromatic rings. The van der Waals surface area contributed by atoms with E-state index in [1.807, 2.05) is 11.9 Å². The first-order chi connectivity index (χ1) is 7.40. The molecule has 1 aromatic heterocycles. The molecule has 0 amide bonds. The zero-order chi connectivity index (χ0) is 12.2. The fourth-order valence-corrected chi connectivity index (χ4v) is 1.32. The summed E-state index contributed by atoms with van der Waals surface area (Å²) >= 11 is 0. The van der Waals surface area contributed by atoms with Crippen LogP contribution in [0, 0.1) is 0 Å². The van der Waals surface area contributed by atoms with Gasteiger partial charge >= 0.3 is 0 Å². The lowest BCUT2D eigenvalue weighted by Crippen LogP contribution is -2.41. The van der Waals surface area contributed by atoms with Gasteiger partial charge in [0.1, 0.15) is 0 Å². The topological polar surface area (TPSA) is 61.0 Å². The lowest BCUT2D eigenvalue weighted by Gasteiger charge is -2.23. The predicted molar refractivity (Wildman–Crippen MR) is 65.9 cm³/mol. The van der Waals surface area contributed by atoms with Crippen LogP contribution in [0.1, 0.15) is 20.8 Å². The molecule has 0 aromatic carbocycles. The van der Waals surface area contributed by atoms with Crippen LogP contribution in [-0.4, -0.2) is 35.6 Å². The van der Waals surface area contributed by atoms with Crippen molar-refractivity contribution >= 4 is 5.82 Å². The molecule has 1 heterocycles. The maximum atomic E-state index is 11.4. The van der Waals surface area contributed by atoms with Crippen LogP contribution in [0.25, 0.3) is 0 Å². The van der Waals surface area contributed by atoms with E-state index in [1.54, 1.807) is 6.20 Å². The molecule has 0 aliphatic heterocycles. The van der Waals surface area contributed by atoms with Crippen molar-refractivity contribution in [2.45, 2.75) is 26.3 Å². The third-order valence-corrected chi connectivity index (χ3v) is 2.15. The van der Waals surface area contributed by atoms with Crippen molar-refractivity contribution in [3.8, 4) is 0 Å². The van der Waals surface area contributed by atoms with Crippen molar-refractivity contribution in [3.63, 3.8) is 0 Å². The van der Waals surface area contributed by atoms with Gasteiger partial charge < -0.3 is 15.2 Å². The quantitative estimate of drug-likeness (QED) is 0.786. The minimum Gasteiger partial charge on any atom is -0.354 e. The van der Waals surface area contributed by atoms with E-state index in [0.29, 0.717) is 5.82 Å². The average molecular weight is 224 g/mol. The minimum absolute atomic E-state index is 0.0946. The lowest BCUT2D eigenvalue weighted by atomic mass is 10.1. The fourth-order valence-electron chi connectivity index (χ4n) is 1.32. The summed E-state index contributed by atoms with van der Waals surface area (Å²) in [5.74, 6) is 0.457. The SMILES string of the molecule is CN(CCNC(C)(C)C)c1ncc[nH]c1=O. The van der Waals surface area contributed by atoms with Gasteiger partial charge in [0, 0.05) is 38.1 Å². The predicted octanol–water partition coefficient (Wildman–Crippen LogP) is 0.594. The number of nitrogens with zero attached hydrogens (tertiary/aromatic N) is 2. The van der Waals surface area contributed by atoms with Gasteiger partial charge in [-0.2, -0.15) is 0 Å². The summed E-state index contributed by atoms with van der Waals surface area (Å²) in [4.78, 5) is 19.9. The summed E-state index contributed by atoms with van der Waals surface area (Å²) in [6.07, 6.45) is 3.12. The highest BCUT2D eigenvalue weighted by molar-refractivity contribution is 5.33. The summed E-state index contributed by atoms with van der Waals surface area (Å²) in [6, 6.07) is 0. The third-order valence-electron chi connectivity index (χ3n) is 2.15. The summed E-state index contributed by atoms with van der Waals surface area (Å²) in [6.45, 7) is 7.90. The number of hydrogen-bond acceptors (Lipinski definition) is 4. The van der Waals surface area contributed by atoms with Crippen LogP contribution in [0.3, 0.4) is 0 Å². The van der Waals surface area contributed by atoms with E-state index in [2.05, 4.69) is 36.1 Å². The number of nitrogens with one attached hydrogen (secondary N) is 2. The minimum atomic E-state index is -0.152. The van der Waals surface area contributed by atoms with Gasteiger partial charge in [-0.1, -0.05) is 0 Å². The van der Waals surface area contributed by atoms with Gasteiger partial charge in [0.25, 0.3) is 5.56 Å². The van der Waals surface area contributed by atoms with E-state index in [1.165, 1.54) is 6.20 Å². The van der Waals surface area contributed by atoms with Gasteiger partial charge in [-0.15, -0.1) is 0 Å². The molecule has 2 N–H and O–H groups in total. The van der Waals surface area contributed by atoms with Crippen LogP contribution < -0.4 is 15.8 Å².